The van der Waals surface area contributed by atoms with Crippen molar-refractivity contribution in [2.24, 2.45) is 0 Å². The number of aromatic amines is 1. The Bertz CT molecular complexity index is 1290. The minimum absolute atomic E-state index is 0.00268. The van der Waals surface area contributed by atoms with Gasteiger partial charge in [0, 0.05) is 49.0 Å². The molecule has 0 saturated carbocycles. The number of aromatic nitrogens is 4. The molecule has 3 aromatic heterocycles. The molecule has 1 fully saturated rings. The molecule has 35 heavy (non-hydrogen) atoms. The van der Waals surface area contributed by atoms with Gasteiger partial charge in [-0.3, -0.25) is 9.78 Å². The molecule has 2 N–H and O–H groups in total. The molecule has 1 aliphatic heterocycles. The lowest BCUT2D eigenvalue weighted by Crippen LogP contribution is -2.53. The number of amides is 1. The highest BCUT2D eigenvalue weighted by Gasteiger charge is 2.30. The Balaban J connectivity index is 0.000000371. The molecular weight excluding hydrogens is 511 g/mol. The predicted molar refractivity (Wildman–Crippen MR) is 125 cm³/mol. The van der Waals surface area contributed by atoms with Gasteiger partial charge in [0.1, 0.15) is 18.0 Å². The minimum Gasteiger partial charge on any atom is -0.350 e. The first-order valence-electron chi connectivity index (χ1n) is 10.3. The van der Waals surface area contributed by atoms with Gasteiger partial charge in [-0.2, -0.15) is 17.5 Å². The number of alkyl halides is 3. The zero-order valence-electron chi connectivity index (χ0n) is 18.8. The molecular formula is C20H23ClF3N7O3S. The van der Waals surface area contributed by atoms with E-state index in [0.717, 1.165) is 22.4 Å². The zero-order chi connectivity index (χ0) is 25.8. The minimum atomic E-state index is -4.29. The van der Waals surface area contributed by atoms with E-state index in [9.17, 15) is 26.4 Å². The summed E-state index contributed by atoms with van der Waals surface area (Å²) in [5.41, 5.74) is 2.31. The van der Waals surface area contributed by atoms with Crippen LogP contribution in [-0.4, -0.2) is 83.7 Å². The second-order valence-electron chi connectivity index (χ2n) is 7.79. The lowest BCUT2D eigenvalue weighted by Gasteiger charge is -2.39. The Hall–Kier alpha value is -2.97. The average molecular weight is 534 g/mol. The van der Waals surface area contributed by atoms with Gasteiger partial charge < -0.3 is 15.2 Å². The molecule has 0 aromatic carbocycles. The molecule has 0 radical (unpaired) electrons. The largest absolute Gasteiger partial charge is 0.405 e. The maximum Gasteiger partial charge on any atom is 0.405 e. The molecule has 1 atom stereocenters. The van der Waals surface area contributed by atoms with Gasteiger partial charge in [-0.05, 0) is 13.0 Å². The van der Waals surface area contributed by atoms with Crippen LogP contribution in [0.1, 0.15) is 6.92 Å². The monoisotopic (exact) mass is 533 g/mol. The van der Waals surface area contributed by atoms with Gasteiger partial charge in [0.25, 0.3) is 0 Å². The summed E-state index contributed by atoms with van der Waals surface area (Å²) in [6, 6.07) is 1.84. The Morgan fingerprint density at radius 2 is 2.03 bits per heavy atom. The quantitative estimate of drug-likeness (QED) is 0.483. The lowest BCUT2D eigenvalue weighted by molar-refractivity contribution is -0.132. The van der Waals surface area contributed by atoms with E-state index in [1.54, 1.807) is 18.6 Å². The molecule has 1 unspecified atom stereocenters. The summed E-state index contributed by atoms with van der Waals surface area (Å²) in [5, 5.41) is 2.91. The second-order valence-corrected chi connectivity index (χ2v) is 10.2. The van der Waals surface area contributed by atoms with E-state index in [1.165, 1.54) is 15.9 Å². The van der Waals surface area contributed by atoms with E-state index >= 15 is 0 Å². The summed E-state index contributed by atoms with van der Waals surface area (Å²) in [5.74, 6) is 0.720. The number of hydrogen-bond acceptors (Lipinski definition) is 7. The van der Waals surface area contributed by atoms with Crippen molar-refractivity contribution in [1.29, 1.82) is 0 Å². The maximum absolute atomic E-state index is 11.8. The molecule has 1 saturated heterocycles. The van der Waals surface area contributed by atoms with E-state index in [-0.39, 0.29) is 12.5 Å². The number of carbonyl (C=O) groups is 1. The van der Waals surface area contributed by atoms with Crippen molar-refractivity contribution in [3.8, 4) is 11.3 Å². The van der Waals surface area contributed by atoms with Crippen LogP contribution in [0.15, 0.2) is 30.9 Å². The molecule has 15 heteroatoms. The van der Waals surface area contributed by atoms with Crippen molar-refractivity contribution in [3.63, 3.8) is 0 Å². The number of sulfonamides is 1. The van der Waals surface area contributed by atoms with Crippen LogP contribution < -0.4 is 10.2 Å². The maximum atomic E-state index is 11.8. The van der Waals surface area contributed by atoms with Crippen molar-refractivity contribution in [1.82, 2.24) is 29.6 Å². The van der Waals surface area contributed by atoms with Crippen molar-refractivity contribution in [3.05, 3.63) is 35.9 Å². The number of nitrogens with zero attached hydrogens (tertiary/aromatic N) is 5. The summed E-state index contributed by atoms with van der Waals surface area (Å²) in [4.78, 5) is 27.8. The van der Waals surface area contributed by atoms with Crippen LogP contribution in [0.3, 0.4) is 0 Å². The fourth-order valence-corrected chi connectivity index (χ4v) is 4.59. The van der Waals surface area contributed by atoms with Gasteiger partial charge >= 0.3 is 6.18 Å². The molecule has 1 amide bonds. The van der Waals surface area contributed by atoms with Gasteiger partial charge in [0.05, 0.1) is 29.4 Å². The molecule has 190 valence electrons. The van der Waals surface area contributed by atoms with Gasteiger partial charge in [0.2, 0.25) is 16.4 Å². The van der Waals surface area contributed by atoms with Crippen LogP contribution in [0, 0.1) is 0 Å². The number of H-pyrrole nitrogens is 1. The van der Waals surface area contributed by atoms with E-state index in [4.69, 9.17) is 16.6 Å². The van der Waals surface area contributed by atoms with Gasteiger partial charge in [0.15, 0.2) is 0 Å². The van der Waals surface area contributed by atoms with E-state index in [0.29, 0.717) is 30.4 Å². The summed E-state index contributed by atoms with van der Waals surface area (Å²) < 4.78 is 58.2. The fourth-order valence-electron chi connectivity index (χ4n) is 3.54. The molecule has 0 spiro atoms. The van der Waals surface area contributed by atoms with E-state index in [1.807, 2.05) is 19.2 Å². The number of nitrogens with one attached hydrogen (secondary N) is 2. The van der Waals surface area contributed by atoms with Crippen LogP contribution in [0.4, 0.5) is 19.0 Å². The van der Waals surface area contributed by atoms with E-state index in [2.05, 4.69) is 19.9 Å². The second kappa shape index (κ2) is 10.7. The number of rotatable bonds is 5. The first-order chi connectivity index (χ1) is 16.4. The predicted octanol–water partition coefficient (Wildman–Crippen LogP) is 2.44. The standard InChI is InChI=1S/C17H19ClN6O2S.C3H4F3NO/c1-11-10-23(27(2,25)26)3-4-24(11)16-9-19-8-15(22-16)14-7-21-17-13(14)5-12(18)6-20-17;4-3(5,6)1-7-2-8/h5-9,11H,3-4,10H2,1-2H3,(H,20,21);2H,1H2,(H,7,8). The first kappa shape index (κ1) is 26.6. The lowest BCUT2D eigenvalue weighted by atomic mass is 10.1. The third kappa shape index (κ3) is 7.02. The van der Waals surface area contributed by atoms with Crippen LogP contribution in [0.25, 0.3) is 22.3 Å². The molecule has 0 aliphatic carbocycles. The molecule has 4 heterocycles. The Morgan fingerprint density at radius 3 is 2.63 bits per heavy atom. The molecule has 10 nitrogen and oxygen atoms in total. The summed E-state index contributed by atoms with van der Waals surface area (Å²) >= 11 is 6.08. The third-order valence-corrected chi connectivity index (χ3v) is 6.61. The van der Waals surface area contributed by atoms with Crippen molar-refractivity contribution >= 4 is 44.9 Å². The van der Waals surface area contributed by atoms with Crippen molar-refractivity contribution in [2.75, 3.05) is 37.3 Å². The van der Waals surface area contributed by atoms with Gasteiger partial charge in [-0.25, -0.2) is 18.4 Å². The van der Waals surface area contributed by atoms with Crippen molar-refractivity contribution < 1.29 is 26.4 Å². The van der Waals surface area contributed by atoms with Crippen LogP contribution in [-0.2, 0) is 14.8 Å². The van der Waals surface area contributed by atoms with Crippen LogP contribution in [0.5, 0.6) is 0 Å². The topological polar surface area (TPSA) is 124 Å². The summed E-state index contributed by atoms with van der Waals surface area (Å²) in [6.45, 7) is 2.16. The third-order valence-electron chi connectivity index (χ3n) is 5.13. The van der Waals surface area contributed by atoms with Crippen LogP contribution in [0.2, 0.25) is 5.02 Å². The summed E-state index contributed by atoms with van der Waals surface area (Å²) in [6.07, 6.45) is 3.79. The Kier molecular flexibility index (Phi) is 8.18. The van der Waals surface area contributed by atoms with Crippen molar-refractivity contribution in [2.45, 2.75) is 19.1 Å². The van der Waals surface area contributed by atoms with E-state index < -0.39 is 22.7 Å². The van der Waals surface area contributed by atoms with Crippen LogP contribution >= 0.6 is 11.6 Å². The smallest absolute Gasteiger partial charge is 0.350 e. The average Bonchev–Trinajstić information content (AvgIpc) is 3.20. The highest BCUT2D eigenvalue weighted by molar-refractivity contribution is 7.88. The first-order valence-corrected chi connectivity index (χ1v) is 12.5. The number of hydrogen-bond donors (Lipinski definition) is 2. The Labute approximate surface area is 204 Å². The highest BCUT2D eigenvalue weighted by atomic mass is 35.5. The van der Waals surface area contributed by atoms with Gasteiger partial charge in [-0.15, -0.1) is 0 Å². The zero-order valence-corrected chi connectivity index (χ0v) is 20.3. The molecule has 4 rings (SSSR count). The Morgan fingerprint density at radius 1 is 1.29 bits per heavy atom. The number of carbonyl (C=O) groups excluding carboxylic acids is 1. The molecule has 0 bridgehead atoms. The number of fused-ring (bicyclic) bond motifs is 1. The van der Waals surface area contributed by atoms with Gasteiger partial charge in [-0.1, -0.05) is 11.6 Å². The highest BCUT2D eigenvalue weighted by Crippen LogP contribution is 2.29. The normalized spacial score (nSPS) is 17.1. The number of halogens is 4. The SMILES string of the molecule is CC1CN(S(C)(=O)=O)CCN1c1cncc(-c2c[nH]c3ncc(Cl)cc23)n1.O=CNCC(F)(F)F. The number of piperazine rings is 1. The fraction of sp³-hybridized carbons (Fsp3) is 0.400. The number of pyridine rings is 1. The molecule has 3 aromatic rings. The molecule has 1 aliphatic rings. The summed E-state index contributed by atoms with van der Waals surface area (Å²) in [7, 11) is -3.19. The number of anilines is 1.